The number of hydrogen-bond donors (Lipinski definition) is 1. The lowest BCUT2D eigenvalue weighted by Gasteiger charge is -2.31. The van der Waals surface area contributed by atoms with Gasteiger partial charge in [-0.15, -0.1) is 0 Å². The van der Waals surface area contributed by atoms with Gasteiger partial charge in [-0.1, -0.05) is 30.1 Å². The summed E-state index contributed by atoms with van der Waals surface area (Å²) in [5.74, 6) is 0.379. The molecule has 0 radical (unpaired) electrons. The molecule has 1 fully saturated rings. The first-order valence-corrected chi connectivity index (χ1v) is 8.75. The van der Waals surface area contributed by atoms with E-state index in [1.165, 1.54) is 6.20 Å². The minimum absolute atomic E-state index is 0.0723. The fraction of sp³-hybridized carbons (Fsp3) is 0.562. The van der Waals surface area contributed by atoms with E-state index in [-0.39, 0.29) is 24.5 Å². The fourth-order valence-electron chi connectivity index (χ4n) is 2.59. The Hall–Kier alpha value is -1.55. The fourth-order valence-corrected chi connectivity index (χ4v) is 3.02. The van der Waals surface area contributed by atoms with Crippen molar-refractivity contribution in [2.24, 2.45) is 0 Å². The Kier molecular flexibility index (Phi) is 6.67. The standard InChI is InChI=1S/C16H21Cl2N5O/c1-3-11(2)23(21-16-14(18)7-12(17)9-20-16)10-15(24)22-6-4-5-13(22)8-19/h7,9,11,13H,3-6,10H2,1-2H3,(H,20,21)/t11-,13?/m0/s1. The normalized spacial score (nSPS) is 18.5. The minimum Gasteiger partial charge on any atom is -0.325 e. The summed E-state index contributed by atoms with van der Waals surface area (Å²) in [6.45, 7) is 4.82. The molecule has 1 aliphatic heterocycles. The van der Waals surface area contributed by atoms with Gasteiger partial charge in [0, 0.05) is 18.8 Å². The van der Waals surface area contributed by atoms with Crippen molar-refractivity contribution in [3.8, 4) is 6.07 Å². The van der Waals surface area contributed by atoms with Crippen molar-refractivity contribution < 1.29 is 4.79 Å². The number of nitriles is 1. The van der Waals surface area contributed by atoms with Crippen LogP contribution in [0.2, 0.25) is 10.0 Å². The zero-order valence-corrected chi connectivity index (χ0v) is 15.3. The number of carbonyl (C=O) groups excluding carboxylic acids is 1. The van der Waals surface area contributed by atoms with Crippen LogP contribution in [-0.4, -0.2) is 46.0 Å². The maximum absolute atomic E-state index is 12.6. The third-order valence-electron chi connectivity index (χ3n) is 4.21. The molecule has 1 unspecified atom stereocenters. The van der Waals surface area contributed by atoms with Gasteiger partial charge in [0.1, 0.15) is 6.04 Å². The van der Waals surface area contributed by atoms with Crippen LogP contribution in [0, 0.1) is 11.3 Å². The van der Waals surface area contributed by atoms with Gasteiger partial charge < -0.3 is 10.3 Å². The topological polar surface area (TPSA) is 72.3 Å². The van der Waals surface area contributed by atoms with Crippen molar-refractivity contribution in [2.45, 2.75) is 45.2 Å². The molecule has 6 nitrogen and oxygen atoms in total. The van der Waals surface area contributed by atoms with E-state index in [4.69, 9.17) is 28.5 Å². The van der Waals surface area contributed by atoms with E-state index in [0.717, 1.165) is 19.3 Å². The van der Waals surface area contributed by atoms with Gasteiger partial charge in [-0.05, 0) is 32.3 Å². The summed E-state index contributed by atoms with van der Waals surface area (Å²) in [6.07, 6.45) is 3.95. The summed E-state index contributed by atoms with van der Waals surface area (Å²) in [5.41, 5.74) is 3.11. The predicted octanol–water partition coefficient (Wildman–Crippen LogP) is 3.33. The van der Waals surface area contributed by atoms with Gasteiger partial charge in [-0.2, -0.15) is 5.26 Å². The highest BCUT2D eigenvalue weighted by Crippen LogP contribution is 2.24. The van der Waals surface area contributed by atoms with Gasteiger partial charge in [-0.3, -0.25) is 4.79 Å². The lowest BCUT2D eigenvalue weighted by molar-refractivity contribution is -0.132. The van der Waals surface area contributed by atoms with E-state index in [1.807, 2.05) is 13.8 Å². The third kappa shape index (κ3) is 4.50. The zero-order valence-electron chi connectivity index (χ0n) is 13.8. The van der Waals surface area contributed by atoms with Gasteiger partial charge in [-0.25, -0.2) is 9.99 Å². The molecular formula is C16H21Cl2N5O. The molecule has 2 heterocycles. The van der Waals surface area contributed by atoms with Crippen LogP contribution in [0.3, 0.4) is 0 Å². The predicted molar refractivity (Wildman–Crippen MR) is 94.7 cm³/mol. The van der Waals surface area contributed by atoms with E-state index in [0.29, 0.717) is 22.4 Å². The van der Waals surface area contributed by atoms with E-state index in [9.17, 15) is 4.79 Å². The molecule has 2 atom stereocenters. The van der Waals surface area contributed by atoms with Crippen LogP contribution in [0.4, 0.5) is 5.82 Å². The van der Waals surface area contributed by atoms with Crippen molar-refractivity contribution in [3.05, 3.63) is 22.3 Å². The maximum atomic E-state index is 12.6. The third-order valence-corrected chi connectivity index (χ3v) is 4.70. The lowest BCUT2D eigenvalue weighted by Crippen LogP contribution is -2.47. The second-order valence-corrected chi connectivity index (χ2v) is 6.70. The Bertz CT molecular complexity index is 633. The monoisotopic (exact) mass is 369 g/mol. The highest BCUT2D eigenvalue weighted by atomic mass is 35.5. The summed E-state index contributed by atoms with van der Waals surface area (Å²) >= 11 is 12.0. The molecule has 0 aromatic carbocycles. The quantitative estimate of drug-likeness (QED) is 0.778. The molecule has 8 heteroatoms. The van der Waals surface area contributed by atoms with Crippen LogP contribution in [0.1, 0.15) is 33.1 Å². The Labute approximate surface area is 152 Å². The largest absolute Gasteiger partial charge is 0.325 e. The molecule has 0 spiro atoms. The second-order valence-electron chi connectivity index (χ2n) is 5.86. The molecule has 2 rings (SSSR count). The van der Waals surface area contributed by atoms with Crippen molar-refractivity contribution in [2.75, 3.05) is 18.5 Å². The van der Waals surface area contributed by atoms with Gasteiger partial charge >= 0.3 is 0 Å². The number of anilines is 1. The molecule has 1 N–H and O–H groups in total. The summed E-state index contributed by atoms with van der Waals surface area (Å²) in [6, 6.07) is 3.56. The van der Waals surface area contributed by atoms with Gasteiger partial charge in [0.15, 0.2) is 5.82 Å². The number of nitrogens with one attached hydrogen (secondary N) is 1. The van der Waals surface area contributed by atoms with Crippen molar-refractivity contribution in [3.63, 3.8) is 0 Å². The van der Waals surface area contributed by atoms with Crippen molar-refractivity contribution in [1.29, 1.82) is 5.26 Å². The number of nitrogens with zero attached hydrogens (tertiary/aromatic N) is 4. The molecular weight excluding hydrogens is 349 g/mol. The summed E-state index contributed by atoms with van der Waals surface area (Å²) in [7, 11) is 0. The Balaban J connectivity index is 2.11. The van der Waals surface area contributed by atoms with Crippen LogP contribution in [-0.2, 0) is 4.79 Å². The number of aromatic nitrogens is 1. The molecule has 1 aromatic heterocycles. The molecule has 1 aliphatic rings. The van der Waals surface area contributed by atoms with Gasteiger partial charge in [0.25, 0.3) is 0 Å². The average molecular weight is 370 g/mol. The molecule has 130 valence electrons. The molecule has 0 bridgehead atoms. The van der Waals surface area contributed by atoms with E-state index < -0.39 is 0 Å². The van der Waals surface area contributed by atoms with Crippen molar-refractivity contribution in [1.82, 2.24) is 14.9 Å². The van der Waals surface area contributed by atoms with E-state index >= 15 is 0 Å². The lowest BCUT2D eigenvalue weighted by atomic mass is 10.2. The Morgan fingerprint density at radius 3 is 3.00 bits per heavy atom. The smallest absolute Gasteiger partial charge is 0.239 e. The van der Waals surface area contributed by atoms with Crippen LogP contribution in [0.5, 0.6) is 0 Å². The number of amides is 1. The van der Waals surface area contributed by atoms with Crippen LogP contribution in [0.15, 0.2) is 12.3 Å². The average Bonchev–Trinajstić information content (AvgIpc) is 3.04. The maximum Gasteiger partial charge on any atom is 0.239 e. The van der Waals surface area contributed by atoms with E-state index in [2.05, 4.69) is 16.5 Å². The number of hydrogen-bond acceptors (Lipinski definition) is 5. The number of carbonyl (C=O) groups is 1. The van der Waals surface area contributed by atoms with Crippen molar-refractivity contribution >= 4 is 34.9 Å². The van der Waals surface area contributed by atoms with Gasteiger partial charge in [0.2, 0.25) is 5.91 Å². The Morgan fingerprint density at radius 1 is 1.62 bits per heavy atom. The first-order valence-electron chi connectivity index (χ1n) is 7.99. The first kappa shape index (κ1) is 18.8. The number of halogens is 2. The molecule has 0 aliphatic carbocycles. The molecule has 24 heavy (non-hydrogen) atoms. The Morgan fingerprint density at radius 2 is 2.38 bits per heavy atom. The zero-order chi connectivity index (χ0) is 17.7. The summed E-state index contributed by atoms with van der Waals surface area (Å²) in [5, 5.41) is 11.8. The summed E-state index contributed by atoms with van der Waals surface area (Å²) < 4.78 is 0. The highest BCUT2D eigenvalue weighted by Gasteiger charge is 2.30. The van der Waals surface area contributed by atoms with E-state index in [1.54, 1.807) is 16.0 Å². The SMILES string of the molecule is CC[C@H](C)N(CC(=O)N1CCCC1C#N)Nc1ncc(Cl)cc1Cl. The van der Waals surface area contributed by atoms with Crippen LogP contribution < -0.4 is 5.43 Å². The number of rotatable bonds is 6. The number of pyridine rings is 1. The molecule has 0 saturated carbocycles. The molecule has 1 saturated heterocycles. The second kappa shape index (κ2) is 8.52. The highest BCUT2D eigenvalue weighted by molar-refractivity contribution is 6.35. The molecule has 1 amide bonds. The number of hydrazine groups is 1. The number of likely N-dealkylation sites (tertiary alicyclic amines) is 1. The van der Waals surface area contributed by atoms with Crippen LogP contribution in [0.25, 0.3) is 0 Å². The summed E-state index contributed by atoms with van der Waals surface area (Å²) in [4.78, 5) is 18.4. The molecule has 1 aromatic rings. The minimum atomic E-state index is -0.325. The first-order chi connectivity index (χ1) is 11.5. The van der Waals surface area contributed by atoms with Gasteiger partial charge in [0.05, 0.1) is 22.7 Å². The van der Waals surface area contributed by atoms with Crippen LogP contribution >= 0.6 is 23.2 Å².